The molecule has 0 saturated carbocycles. The second-order valence-electron chi connectivity index (χ2n) is 5.18. The highest BCUT2D eigenvalue weighted by Crippen LogP contribution is 2.29. The van der Waals surface area contributed by atoms with Crippen molar-refractivity contribution in [2.45, 2.75) is 18.9 Å². The molecule has 3 rings (SSSR count). The first kappa shape index (κ1) is 12.9. The lowest BCUT2D eigenvalue weighted by atomic mass is 9.91. The van der Waals surface area contributed by atoms with Crippen molar-refractivity contribution in [1.29, 1.82) is 0 Å². The summed E-state index contributed by atoms with van der Waals surface area (Å²) in [6.45, 7) is 0.669. The van der Waals surface area contributed by atoms with Crippen molar-refractivity contribution >= 4 is 5.84 Å². The van der Waals surface area contributed by atoms with Crippen LogP contribution < -0.4 is 11.5 Å². The van der Waals surface area contributed by atoms with Crippen LogP contribution in [0.2, 0.25) is 0 Å². The maximum absolute atomic E-state index is 6.10. The number of amidine groups is 1. The van der Waals surface area contributed by atoms with Crippen molar-refractivity contribution in [1.82, 2.24) is 0 Å². The topological polar surface area (TPSA) is 64.4 Å². The molecule has 0 saturated heterocycles. The molecule has 0 fully saturated rings. The lowest BCUT2D eigenvalue weighted by molar-refractivity contribution is 0.708. The molecule has 1 aliphatic rings. The first-order valence-corrected chi connectivity index (χ1v) is 6.98. The number of nitrogens with zero attached hydrogens (tertiary/aromatic N) is 1. The van der Waals surface area contributed by atoms with E-state index in [-0.39, 0.29) is 6.04 Å². The van der Waals surface area contributed by atoms with Gasteiger partial charge in [-0.1, -0.05) is 48.5 Å². The van der Waals surface area contributed by atoms with E-state index in [4.69, 9.17) is 11.5 Å². The minimum absolute atomic E-state index is 0.114. The third kappa shape index (κ3) is 2.45. The minimum Gasteiger partial charge on any atom is -0.383 e. The summed E-state index contributed by atoms with van der Waals surface area (Å²) < 4.78 is 0. The van der Waals surface area contributed by atoms with Crippen LogP contribution in [-0.2, 0) is 12.8 Å². The summed E-state index contributed by atoms with van der Waals surface area (Å²) in [6, 6.07) is 16.8. The molecule has 2 aromatic rings. The molecule has 2 aromatic carbocycles. The molecule has 0 amide bonds. The minimum atomic E-state index is 0.114. The quantitative estimate of drug-likeness (QED) is 0.893. The van der Waals surface area contributed by atoms with Gasteiger partial charge in [0.1, 0.15) is 5.84 Å². The Hall–Kier alpha value is -2.13. The first-order valence-electron chi connectivity index (χ1n) is 6.98. The Labute approximate surface area is 119 Å². The zero-order valence-corrected chi connectivity index (χ0v) is 11.4. The van der Waals surface area contributed by atoms with Gasteiger partial charge < -0.3 is 11.5 Å². The van der Waals surface area contributed by atoms with Gasteiger partial charge in [0.15, 0.2) is 0 Å². The Morgan fingerprint density at radius 3 is 2.80 bits per heavy atom. The molecule has 0 bridgehead atoms. The van der Waals surface area contributed by atoms with Gasteiger partial charge in [-0.25, -0.2) is 0 Å². The van der Waals surface area contributed by atoms with Crippen molar-refractivity contribution in [3.63, 3.8) is 0 Å². The number of nitrogens with two attached hydrogens (primary N) is 2. The molecule has 4 N–H and O–H groups in total. The van der Waals surface area contributed by atoms with Gasteiger partial charge in [-0.05, 0) is 36.1 Å². The smallest absolute Gasteiger partial charge is 0.126 e. The van der Waals surface area contributed by atoms with E-state index >= 15 is 0 Å². The van der Waals surface area contributed by atoms with Crippen LogP contribution >= 0.6 is 0 Å². The van der Waals surface area contributed by atoms with Gasteiger partial charge in [-0.2, -0.15) is 0 Å². The van der Waals surface area contributed by atoms with E-state index in [1.165, 1.54) is 16.7 Å². The molecule has 0 aromatic heterocycles. The lowest BCUT2D eigenvalue weighted by Crippen LogP contribution is -2.22. The molecule has 0 radical (unpaired) electrons. The molecule has 0 spiro atoms. The van der Waals surface area contributed by atoms with Crippen molar-refractivity contribution in [2.24, 2.45) is 16.5 Å². The van der Waals surface area contributed by atoms with Crippen LogP contribution in [0.15, 0.2) is 53.5 Å². The summed E-state index contributed by atoms with van der Waals surface area (Å²) >= 11 is 0. The van der Waals surface area contributed by atoms with Gasteiger partial charge in [0.2, 0.25) is 0 Å². The molecule has 1 heterocycles. The van der Waals surface area contributed by atoms with Crippen LogP contribution in [0.1, 0.15) is 28.3 Å². The SMILES string of the molecule is NCCc1cccc(C2Cc3ccccc3C(N)=N2)c1. The van der Waals surface area contributed by atoms with Crippen LogP contribution in [0.25, 0.3) is 0 Å². The third-order valence-corrected chi connectivity index (χ3v) is 3.77. The van der Waals surface area contributed by atoms with E-state index in [9.17, 15) is 0 Å². The molecule has 3 nitrogen and oxygen atoms in total. The Morgan fingerprint density at radius 2 is 1.95 bits per heavy atom. The van der Waals surface area contributed by atoms with E-state index in [2.05, 4.69) is 41.4 Å². The maximum Gasteiger partial charge on any atom is 0.126 e. The molecule has 1 atom stereocenters. The second kappa shape index (κ2) is 5.47. The molecule has 102 valence electrons. The van der Waals surface area contributed by atoms with Crippen LogP contribution in [0.5, 0.6) is 0 Å². The number of rotatable bonds is 3. The van der Waals surface area contributed by atoms with Gasteiger partial charge in [0.05, 0.1) is 6.04 Å². The summed E-state index contributed by atoms with van der Waals surface area (Å²) in [5, 5.41) is 0. The zero-order valence-electron chi connectivity index (χ0n) is 11.4. The summed E-state index contributed by atoms with van der Waals surface area (Å²) in [5.41, 5.74) is 16.5. The standard InChI is InChI=1S/C17H19N3/c18-9-8-12-4-3-6-14(10-12)16-11-13-5-1-2-7-15(13)17(19)20-16/h1-7,10,16H,8-9,11,18H2,(H2,19,20). The van der Waals surface area contributed by atoms with Crippen molar-refractivity contribution in [3.05, 3.63) is 70.8 Å². The molecule has 3 heteroatoms. The van der Waals surface area contributed by atoms with E-state index < -0.39 is 0 Å². The van der Waals surface area contributed by atoms with E-state index in [1.807, 2.05) is 12.1 Å². The highest BCUT2D eigenvalue weighted by atomic mass is 14.9. The van der Waals surface area contributed by atoms with Crippen LogP contribution in [0.3, 0.4) is 0 Å². The van der Waals surface area contributed by atoms with Gasteiger partial charge in [0.25, 0.3) is 0 Å². The van der Waals surface area contributed by atoms with Gasteiger partial charge in [-0.15, -0.1) is 0 Å². The van der Waals surface area contributed by atoms with Crippen LogP contribution in [0, 0.1) is 0 Å². The first-order chi connectivity index (χ1) is 9.78. The summed E-state index contributed by atoms with van der Waals surface area (Å²) in [4.78, 5) is 4.66. The Bertz CT molecular complexity index is 646. The molecule has 1 aliphatic heterocycles. The van der Waals surface area contributed by atoms with Gasteiger partial charge >= 0.3 is 0 Å². The highest BCUT2D eigenvalue weighted by Gasteiger charge is 2.20. The summed E-state index contributed by atoms with van der Waals surface area (Å²) in [7, 11) is 0. The fraction of sp³-hybridized carbons (Fsp3) is 0.235. The predicted octanol–water partition coefficient (Wildman–Crippen LogP) is 2.19. The number of hydrogen-bond acceptors (Lipinski definition) is 3. The number of benzene rings is 2. The van der Waals surface area contributed by atoms with Gasteiger partial charge in [-0.3, -0.25) is 4.99 Å². The third-order valence-electron chi connectivity index (χ3n) is 3.77. The Morgan fingerprint density at radius 1 is 1.10 bits per heavy atom. The average Bonchev–Trinajstić information content (AvgIpc) is 2.48. The molecule has 0 aliphatic carbocycles. The zero-order chi connectivity index (χ0) is 13.9. The highest BCUT2D eigenvalue weighted by molar-refractivity contribution is 5.99. The maximum atomic E-state index is 6.10. The molecule has 1 unspecified atom stereocenters. The monoisotopic (exact) mass is 265 g/mol. The van der Waals surface area contributed by atoms with E-state index in [0.717, 1.165) is 18.4 Å². The Kier molecular flexibility index (Phi) is 3.52. The number of fused-ring (bicyclic) bond motifs is 1. The normalized spacial score (nSPS) is 17.4. The Balaban J connectivity index is 1.93. The number of hydrogen-bond donors (Lipinski definition) is 2. The van der Waals surface area contributed by atoms with Crippen LogP contribution in [0.4, 0.5) is 0 Å². The van der Waals surface area contributed by atoms with Crippen molar-refractivity contribution in [3.8, 4) is 0 Å². The number of aliphatic imine (C=N–C) groups is 1. The van der Waals surface area contributed by atoms with Crippen LogP contribution in [-0.4, -0.2) is 12.4 Å². The second-order valence-corrected chi connectivity index (χ2v) is 5.18. The fourth-order valence-corrected chi connectivity index (χ4v) is 2.75. The van der Waals surface area contributed by atoms with Crippen molar-refractivity contribution in [2.75, 3.05) is 6.54 Å². The summed E-state index contributed by atoms with van der Waals surface area (Å²) in [6.07, 6.45) is 1.80. The van der Waals surface area contributed by atoms with Gasteiger partial charge in [0, 0.05) is 5.56 Å². The average molecular weight is 265 g/mol. The fourth-order valence-electron chi connectivity index (χ4n) is 2.75. The lowest BCUT2D eigenvalue weighted by Gasteiger charge is -2.22. The molecular weight excluding hydrogens is 246 g/mol. The largest absolute Gasteiger partial charge is 0.383 e. The summed E-state index contributed by atoms with van der Waals surface area (Å²) in [5.74, 6) is 0.640. The predicted molar refractivity (Wildman–Crippen MR) is 82.8 cm³/mol. The molecule has 20 heavy (non-hydrogen) atoms. The van der Waals surface area contributed by atoms with Crippen molar-refractivity contribution < 1.29 is 0 Å². The van der Waals surface area contributed by atoms with E-state index in [0.29, 0.717) is 12.4 Å². The molecular formula is C17H19N3. The van der Waals surface area contributed by atoms with E-state index in [1.54, 1.807) is 0 Å².